The van der Waals surface area contributed by atoms with E-state index >= 15 is 0 Å². The van der Waals surface area contributed by atoms with Crippen LogP contribution < -0.4 is 0 Å². The van der Waals surface area contributed by atoms with E-state index in [-0.39, 0.29) is 16.7 Å². The number of nitrogens with one attached hydrogen (secondary N) is 1. The minimum absolute atomic E-state index is 0.0689. The summed E-state index contributed by atoms with van der Waals surface area (Å²) in [6, 6.07) is 3.27. The molecule has 2 aromatic heterocycles. The summed E-state index contributed by atoms with van der Waals surface area (Å²) in [4.78, 5) is 14.6. The molecule has 1 amide bonds. The van der Waals surface area contributed by atoms with E-state index in [1.165, 1.54) is 4.31 Å². The fourth-order valence-corrected chi connectivity index (χ4v) is 5.56. The molecular formula is C18H24N4O4S. The van der Waals surface area contributed by atoms with Crippen LogP contribution in [0.15, 0.2) is 27.6 Å². The van der Waals surface area contributed by atoms with Crippen molar-refractivity contribution in [1.29, 1.82) is 0 Å². The molecule has 0 radical (unpaired) electrons. The zero-order valence-corrected chi connectivity index (χ0v) is 16.2. The molecule has 0 bridgehead atoms. The SMILES string of the molecule is Cc1oc(-c2ccn[nH]2)cc1S(=O)(=O)N1CCC(C(=O)N2CCCC2)CC1. The summed E-state index contributed by atoms with van der Waals surface area (Å²) in [7, 11) is -3.65. The molecule has 0 aromatic carbocycles. The topological polar surface area (TPSA) is 99.5 Å². The molecule has 2 aromatic rings. The first kappa shape index (κ1) is 18.2. The lowest BCUT2D eigenvalue weighted by atomic mass is 9.97. The number of aromatic amines is 1. The molecule has 2 aliphatic rings. The normalized spacial score (nSPS) is 19.7. The van der Waals surface area contributed by atoms with E-state index in [4.69, 9.17) is 4.42 Å². The number of likely N-dealkylation sites (tertiary alicyclic amines) is 1. The van der Waals surface area contributed by atoms with Gasteiger partial charge in [0.05, 0.1) is 0 Å². The second-order valence-electron chi connectivity index (χ2n) is 7.21. The van der Waals surface area contributed by atoms with E-state index in [1.807, 2.05) is 4.90 Å². The van der Waals surface area contributed by atoms with Gasteiger partial charge < -0.3 is 9.32 Å². The van der Waals surface area contributed by atoms with Crippen LogP contribution in [0.2, 0.25) is 0 Å². The number of H-pyrrole nitrogens is 1. The fourth-order valence-electron chi connectivity index (χ4n) is 3.93. The fraction of sp³-hybridized carbons (Fsp3) is 0.556. The van der Waals surface area contributed by atoms with Crippen LogP contribution in [0, 0.1) is 12.8 Å². The number of hydrogen-bond donors (Lipinski definition) is 1. The van der Waals surface area contributed by atoms with Crippen LogP contribution >= 0.6 is 0 Å². The Hall–Kier alpha value is -2.13. The Morgan fingerprint density at radius 3 is 2.56 bits per heavy atom. The maximum Gasteiger partial charge on any atom is 0.246 e. The summed E-state index contributed by atoms with van der Waals surface area (Å²) >= 11 is 0. The van der Waals surface area contributed by atoms with Gasteiger partial charge in [-0.1, -0.05) is 0 Å². The van der Waals surface area contributed by atoms with Gasteiger partial charge in [0.1, 0.15) is 16.3 Å². The third-order valence-electron chi connectivity index (χ3n) is 5.48. The number of aryl methyl sites for hydroxylation is 1. The Labute approximate surface area is 158 Å². The highest BCUT2D eigenvalue weighted by Gasteiger charge is 2.36. The van der Waals surface area contributed by atoms with Gasteiger partial charge >= 0.3 is 0 Å². The van der Waals surface area contributed by atoms with Crippen molar-refractivity contribution in [2.45, 2.75) is 37.5 Å². The lowest BCUT2D eigenvalue weighted by Gasteiger charge is -2.32. The summed E-state index contributed by atoms with van der Waals surface area (Å²) in [6.07, 6.45) is 4.86. The number of sulfonamides is 1. The average molecular weight is 392 g/mol. The Morgan fingerprint density at radius 1 is 1.22 bits per heavy atom. The number of rotatable bonds is 4. The van der Waals surface area contributed by atoms with Gasteiger partial charge in [-0.3, -0.25) is 9.89 Å². The van der Waals surface area contributed by atoms with Gasteiger partial charge in [-0.05, 0) is 38.7 Å². The number of amides is 1. The molecule has 4 rings (SSSR count). The summed E-state index contributed by atoms with van der Waals surface area (Å²) in [6.45, 7) is 4.04. The first-order valence-corrected chi connectivity index (χ1v) is 10.8. The molecule has 146 valence electrons. The van der Waals surface area contributed by atoms with Crippen molar-refractivity contribution in [2.24, 2.45) is 5.92 Å². The molecule has 0 atom stereocenters. The molecule has 0 saturated carbocycles. The van der Waals surface area contributed by atoms with Crippen molar-refractivity contribution >= 4 is 15.9 Å². The molecule has 1 N–H and O–H groups in total. The molecule has 27 heavy (non-hydrogen) atoms. The highest BCUT2D eigenvalue weighted by Crippen LogP contribution is 2.31. The van der Waals surface area contributed by atoms with Crippen molar-refractivity contribution in [3.63, 3.8) is 0 Å². The summed E-state index contributed by atoms with van der Waals surface area (Å²) in [5, 5.41) is 6.64. The Bertz CT molecular complexity index is 905. The standard InChI is InChI=1S/C18H24N4O4S/c1-13-17(12-16(26-13)15-4-7-19-20-15)27(24,25)22-10-5-14(6-11-22)18(23)21-8-2-3-9-21/h4,7,12,14H,2-3,5-6,8-11H2,1H3,(H,19,20). The summed E-state index contributed by atoms with van der Waals surface area (Å²) in [5.74, 6) is 0.920. The van der Waals surface area contributed by atoms with Crippen molar-refractivity contribution in [2.75, 3.05) is 26.2 Å². The number of carbonyl (C=O) groups is 1. The second kappa shape index (κ2) is 7.12. The molecule has 2 saturated heterocycles. The molecule has 4 heterocycles. The maximum absolute atomic E-state index is 13.1. The highest BCUT2D eigenvalue weighted by atomic mass is 32.2. The van der Waals surface area contributed by atoms with Crippen molar-refractivity contribution in [3.05, 3.63) is 24.1 Å². The van der Waals surface area contributed by atoms with E-state index in [0.717, 1.165) is 25.9 Å². The van der Waals surface area contributed by atoms with Crippen LogP contribution in [0.4, 0.5) is 0 Å². The third-order valence-corrected chi connectivity index (χ3v) is 7.48. The average Bonchev–Trinajstić information content (AvgIpc) is 3.42. The molecule has 2 fully saturated rings. The number of nitrogens with zero attached hydrogens (tertiary/aromatic N) is 3. The smallest absolute Gasteiger partial charge is 0.246 e. The van der Waals surface area contributed by atoms with Crippen LogP contribution in [0.1, 0.15) is 31.4 Å². The highest BCUT2D eigenvalue weighted by molar-refractivity contribution is 7.89. The number of piperidine rings is 1. The molecule has 8 nitrogen and oxygen atoms in total. The van der Waals surface area contributed by atoms with E-state index in [0.29, 0.717) is 43.1 Å². The van der Waals surface area contributed by atoms with Crippen LogP contribution in [0.3, 0.4) is 0 Å². The third kappa shape index (κ3) is 3.41. The monoisotopic (exact) mass is 392 g/mol. The predicted molar refractivity (Wildman–Crippen MR) is 98.3 cm³/mol. The minimum Gasteiger partial charge on any atom is -0.458 e. The Morgan fingerprint density at radius 2 is 1.93 bits per heavy atom. The zero-order valence-electron chi connectivity index (χ0n) is 15.3. The lowest BCUT2D eigenvalue weighted by molar-refractivity contribution is -0.135. The quantitative estimate of drug-likeness (QED) is 0.858. The first-order valence-electron chi connectivity index (χ1n) is 9.36. The van der Waals surface area contributed by atoms with Gasteiger partial charge in [0.25, 0.3) is 0 Å². The number of carbonyl (C=O) groups excluding carboxylic acids is 1. The van der Waals surface area contributed by atoms with Crippen LogP contribution in [0.25, 0.3) is 11.5 Å². The minimum atomic E-state index is -3.65. The number of aromatic nitrogens is 2. The van der Waals surface area contributed by atoms with Gasteiger partial charge in [0.15, 0.2) is 5.76 Å². The molecule has 0 aliphatic carbocycles. The van der Waals surface area contributed by atoms with Crippen LogP contribution in [-0.2, 0) is 14.8 Å². The van der Waals surface area contributed by atoms with E-state index in [9.17, 15) is 13.2 Å². The largest absolute Gasteiger partial charge is 0.458 e. The van der Waals surface area contributed by atoms with Gasteiger partial charge in [-0.25, -0.2) is 8.42 Å². The van der Waals surface area contributed by atoms with Crippen LogP contribution in [0.5, 0.6) is 0 Å². The van der Waals surface area contributed by atoms with Gasteiger partial charge in [0, 0.05) is 44.4 Å². The van der Waals surface area contributed by atoms with Gasteiger partial charge in [0.2, 0.25) is 15.9 Å². The molecule has 0 unspecified atom stereocenters. The Kier molecular flexibility index (Phi) is 4.81. The van der Waals surface area contributed by atoms with E-state index in [2.05, 4.69) is 10.2 Å². The molecule has 9 heteroatoms. The van der Waals surface area contributed by atoms with E-state index < -0.39 is 10.0 Å². The van der Waals surface area contributed by atoms with E-state index in [1.54, 1.807) is 25.3 Å². The predicted octanol–water partition coefficient (Wildman–Crippen LogP) is 2.00. The Balaban J connectivity index is 1.47. The summed E-state index contributed by atoms with van der Waals surface area (Å²) in [5.41, 5.74) is 0.634. The molecular weight excluding hydrogens is 368 g/mol. The number of hydrogen-bond acceptors (Lipinski definition) is 5. The van der Waals surface area contributed by atoms with Gasteiger partial charge in [-0.15, -0.1) is 0 Å². The van der Waals surface area contributed by atoms with Crippen molar-refractivity contribution in [3.8, 4) is 11.5 Å². The second-order valence-corrected chi connectivity index (χ2v) is 9.12. The molecule has 0 spiro atoms. The lowest BCUT2D eigenvalue weighted by Crippen LogP contribution is -2.43. The van der Waals surface area contributed by atoms with Gasteiger partial charge in [-0.2, -0.15) is 9.40 Å². The maximum atomic E-state index is 13.1. The van der Waals surface area contributed by atoms with Crippen molar-refractivity contribution < 1.29 is 17.6 Å². The first-order chi connectivity index (χ1) is 13.0. The summed E-state index contributed by atoms with van der Waals surface area (Å²) < 4.78 is 33.2. The van der Waals surface area contributed by atoms with Crippen LogP contribution in [-0.4, -0.2) is 59.9 Å². The van der Waals surface area contributed by atoms with Crippen molar-refractivity contribution in [1.82, 2.24) is 19.4 Å². The number of furan rings is 1. The zero-order chi connectivity index (χ0) is 19.0. The molecule has 2 aliphatic heterocycles.